The van der Waals surface area contributed by atoms with Gasteiger partial charge in [0.2, 0.25) is 17.7 Å². The molecule has 2 aliphatic rings. The summed E-state index contributed by atoms with van der Waals surface area (Å²) in [5.41, 5.74) is 0.887. The van der Waals surface area contributed by atoms with E-state index >= 15 is 0 Å². The molecule has 1 aromatic rings. The zero-order valence-electron chi connectivity index (χ0n) is 18.4. The van der Waals surface area contributed by atoms with E-state index in [2.05, 4.69) is 0 Å². The van der Waals surface area contributed by atoms with Crippen LogP contribution >= 0.6 is 0 Å². The van der Waals surface area contributed by atoms with Gasteiger partial charge in [0.25, 0.3) is 0 Å². The van der Waals surface area contributed by atoms with Gasteiger partial charge in [-0.2, -0.15) is 0 Å². The number of hydrogen-bond acceptors (Lipinski definition) is 7. The molecule has 3 amide bonds. The summed E-state index contributed by atoms with van der Waals surface area (Å²) in [4.78, 5) is 41.3. The molecule has 9 heteroatoms. The fourth-order valence-corrected chi connectivity index (χ4v) is 3.72. The number of benzene rings is 1. The first-order valence-electron chi connectivity index (χ1n) is 11.2. The van der Waals surface area contributed by atoms with Crippen molar-refractivity contribution in [3.05, 3.63) is 35.9 Å². The Morgan fingerprint density at radius 3 is 1.72 bits per heavy atom. The van der Waals surface area contributed by atoms with Crippen LogP contribution in [0.3, 0.4) is 0 Å². The van der Waals surface area contributed by atoms with E-state index in [-0.39, 0.29) is 37.0 Å². The van der Waals surface area contributed by atoms with Gasteiger partial charge in [0.15, 0.2) is 0 Å². The van der Waals surface area contributed by atoms with Crippen LogP contribution in [0.4, 0.5) is 0 Å². The van der Waals surface area contributed by atoms with Gasteiger partial charge in [-0.15, -0.1) is 0 Å². The maximum atomic E-state index is 13.6. The van der Waals surface area contributed by atoms with Gasteiger partial charge in [-0.1, -0.05) is 30.3 Å². The fourth-order valence-electron chi connectivity index (χ4n) is 3.72. The Hall–Kier alpha value is -2.33. The van der Waals surface area contributed by atoms with E-state index in [4.69, 9.17) is 18.9 Å². The first kappa shape index (κ1) is 24.3. The number of hydrogen-bond donors (Lipinski definition) is 0. The Morgan fingerprint density at radius 1 is 0.750 bits per heavy atom. The summed E-state index contributed by atoms with van der Waals surface area (Å²) in [6.07, 6.45) is 0.560. The van der Waals surface area contributed by atoms with Crippen molar-refractivity contribution in [2.24, 2.45) is 0 Å². The quantitative estimate of drug-likeness (QED) is 0.625. The Morgan fingerprint density at radius 2 is 1.22 bits per heavy atom. The molecule has 3 rings (SSSR count). The van der Waals surface area contributed by atoms with Crippen molar-refractivity contribution in [3.63, 3.8) is 0 Å². The molecular weight excluding hydrogens is 416 g/mol. The highest BCUT2D eigenvalue weighted by Gasteiger charge is 2.40. The molecule has 9 nitrogen and oxygen atoms in total. The molecule has 2 heterocycles. The Bertz CT molecular complexity index is 711. The molecular formula is C23H32N2O7. The minimum absolute atomic E-state index is 0.142. The topological polar surface area (TPSA) is 94.6 Å². The third kappa shape index (κ3) is 7.37. The van der Waals surface area contributed by atoms with Crippen molar-refractivity contribution >= 4 is 17.7 Å². The highest BCUT2D eigenvalue weighted by Crippen LogP contribution is 2.20. The summed E-state index contributed by atoms with van der Waals surface area (Å²) >= 11 is 0. The van der Waals surface area contributed by atoms with Crippen LogP contribution in [-0.2, 0) is 39.8 Å². The molecule has 2 saturated heterocycles. The molecule has 2 fully saturated rings. The van der Waals surface area contributed by atoms with E-state index < -0.39 is 6.04 Å². The van der Waals surface area contributed by atoms with Crippen LogP contribution in [0.25, 0.3) is 0 Å². The fraction of sp³-hybridized carbons (Fsp3) is 0.609. The number of carbonyl (C=O) groups excluding carboxylic acids is 3. The van der Waals surface area contributed by atoms with E-state index in [1.54, 1.807) is 4.90 Å². The average Bonchev–Trinajstić information content (AvgIpc) is 3.13. The summed E-state index contributed by atoms with van der Waals surface area (Å²) < 4.78 is 22.1. The number of carbonyl (C=O) groups is 3. The van der Waals surface area contributed by atoms with Gasteiger partial charge in [-0.3, -0.25) is 19.3 Å². The summed E-state index contributed by atoms with van der Waals surface area (Å²) in [6.45, 7) is 4.02. The Kier molecular flexibility index (Phi) is 10.1. The van der Waals surface area contributed by atoms with E-state index in [0.29, 0.717) is 65.9 Å². The third-order valence-electron chi connectivity index (χ3n) is 5.40. The van der Waals surface area contributed by atoms with E-state index in [0.717, 1.165) is 10.5 Å². The minimum atomic E-state index is -0.881. The molecule has 1 atom stereocenters. The van der Waals surface area contributed by atoms with Gasteiger partial charge in [0, 0.05) is 32.4 Å². The van der Waals surface area contributed by atoms with Gasteiger partial charge < -0.3 is 23.8 Å². The van der Waals surface area contributed by atoms with Gasteiger partial charge in [0.1, 0.15) is 6.04 Å². The van der Waals surface area contributed by atoms with E-state index in [9.17, 15) is 14.4 Å². The maximum absolute atomic E-state index is 13.6. The lowest BCUT2D eigenvalue weighted by Gasteiger charge is -2.31. The number of amides is 3. The second-order valence-electron chi connectivity index (χ2n) is 7.64. The Labute approximate surface area is 188 Å². The normalized spacial score (nSPS) is 21.1. The molecule has 0 unspecified atom stereocenters. The monoisotopic (exact) mass is 448 g/mol. The van der Waals surface area contributed by atoms with Crippen LogP contribution in [-0.4, -0.2) is 99.5 Å². The second kappa shape index (κ2) is 13.3. The van der Waals surface area contributed by atoms with Crippen molar-refractivity contribution in [2.75, 3.05) is 65.9 Å². The SMILES string of the molecule is O=C([C@H](Cc1ccccc1)N1C(=O)CCC1=O)N1CCOCCOCCOCCOCC1. The van der Waals surface area contributed by atoms with E-state index in [1.165, 1.54) is 0 Å². The lowest BCUT2D eigenvalue weighted by Crippen LogP contribution is -2.53. The van der Waals surface area contributed by atoms with Crippen LogP contribution in [0.15, 0.2) is 30.3 Å². The average molecular weight is 449 g/mol. The Balaban J connectivity index is 1.72. The summed E-state index contributed by atoms with van der Waals surface area (Å²) in [5, 5.41) is 0. The lowest BCUT2D eigenvalue weighted by molar-refractivity contribution is -0.151. The molecule has 2 aliphatic heterocycles. The molecule has 0 N–H and O–H groups in total. The van der Waals surface area contributed by atoms with Crippen molar-refractivity contribution in [1.29, 1.82) is 0 Å². The van der Waals surface area contributed by atoms with Gasteiger partial charge >= 0.3 is 0 Å². The van der Waals surface area contributed by atoms with Crippen molar-refractivity contribution in [1.82, 2.24) is 9.80 Å². The van der Waals surface area contributed by atoms with Crippen LogP contribution in [0.2, 0.25) is 0 Å². The number of ether oxygens (including phenoxy) is 4. The minimum Gasteiger partial charge on any atom is -0.377 e. The smallest absolute Gasteiger partial charge is 0.246 e. The van der Waals surface area contributed by atoms with Gasteiger partial charge in [0.05, 0.1) is 52.9 Å². The summed E-state index contributed by atoms with van der Waals surface area (Å²) in [6, 6.07) is 8.54. The molecule has 32 heavy (non-hydrogen) atoms. The van der Waals surface area contributed by atoms with E-state index in [1.807, 2.05) is 30.3 Å². The molecule has 176 valence electrons. The predicted octanol–water partition coefficient (Wildman–Crippen LogP) is 0.655. The molecule has 0 bridgehead atoms. The van der Waals surface area contributed by atoms with Gasteiger partial charge in [-0.25, -0.2) is 0 Å². The number of imide groups is 1. The van der Waals surface area contributed by atoms with Crippen molar-refractivity contribution in [3.8, 4) is 0 Å². The lowest BCUT2D eigenvalue weighted by atomic mass is 10.0. The number of rotatable bonds is 4. The van der Waals surface area contributed by atoms with Crippen molar-refractivity contribution < 1.29 is 33.3 Å². The maximum Gasteiger partial charge on any atom is 0.246 e. The third-order valence-corrected chi connectivity index (χ3v) is 5.40. The summed E-state index contributed by atoms with van der Waals surface area (Å²) in [5.74, 6) is -0.879. The van der Waals surface area contributed by atoms with Crippen LogP contribution in [0.5, 0.6) is 0 Å². The predicted molar refractivity (Wildman–Crippen MR) is 115 cm³/mol. The van der Waals surface area contributed by atoms with Gasteiger partial charge in [-0.05, 0) is 5.56 Å². The second-order valence-corrected chi connectivity index (χ2v) is 7.64. The molecule has 0 aromatic heterocycles. The van der Waals surface area contributed by atoms with Crippen molar-refractivity contribution in [2.45, 2.75) is 25.3 Å². The summed E-state index contributed by atoms with van der Waals surface area (Å²) in [7, 11) is 0. The van der Waals surface area contributed by atoms with Crippen LogP contribution in [0, 0.1) is 0 Å². The molecule has 0 spiro atoms. The molecule has 0 aliphatic carbocycles. The highest BCUT2D eigenvalue weighted by atomic mass is 16.6. The van der Waals surface area contributed by atoms with Crippen LogP contribution < -0.4 is 0 Å². The molecule has 0 radical (unpaired) electrons. The highest BCUT2D eigenvalue weighted by molar-refractivity contribution is 6.05. The standard InChI is InChI=1S/C23H32N2O7/c26-21-6-7-22(27)25(21)20(18-19-4-2-1-3-5-19)23(28)24-8-10-29-12-14-31-16-17-32-15-13-30-11-9-24/h1-5,20H,6-18H2/t20-/m0/s1. The number of nitrogens with zero attached hydrogens (tertiary/aromatic N) is 2. The first-order chi connectivity index (χ1) is 15.7. The van der Waals surface area contributed by atoms with Crippen LogP contribution in [0.1, 0.15) is 18.4 Å². The zero-order valence-corrected chi connectivity index (χ0v) is 18.4. The molecule has 0 saturated carbocycles. The number of likely N-dealkylation sites (tertiary alicyclic amines) is 1. The molecule has 1 aromatic carbocycles. The largest absolute Gasteiger partial charge is 0.377 e. The first-order valence-corrected chi connectivity index (χ1v) is 11.2. The zero-order chi connectivity index (χ0) is 22.6.